The number of aromatic nitrogens is 2. The molecular formula is C12H13N3O. The maximum absolute atomic E-state index is 10.2. The number of hydrogen-bond acceptors (Lipinski definition) is 3. The summed E-state index contributed by atoms with van der Waals surface area (Å²) >= 11 is 0. The molecule has 0 aliphatic heterocycles. The minimum Gasteiger partial charge on any atom is -0.240 e. The minimum absolute atomic E-state index is 0.443. The molecule has 16 heavy (non-hydrogen) atoms. The van der Waals surface area contributed by atoms with Crippen LogP contribution in [-0.4, -0.2) is 16.2 Å². The van der Waals surface area contributed by atoms with E-state index in [1.165, 1.54) is 11.1 Å². The van der Waals surface area contributed by atoms with E-state index >= 15 is 0 Å². The predicted molar refractivity (Wildman–Crippen MR) is 61.4 cm³/mol. The average Bonchev–Trinajstić information content (AvgIpc) is 2.90. The number of aryl methyl sites for hydroxylation is 1. The Kier molecular flexibility index (Phi) is 2.02. The number of nitroso groups, excluding NO2 is 1. The van der Waals surface area contributed by atoms with Crippen molar-refractivity contribution in [1.82, 2.24) is 9.61 Å². The molecule has 0 aromatic carbocycles. The van der Waals surface area contributed by atoms with Gasteiger partial charge in [-0.15, -0.1) is 0 Å². The third-order valence-corrected chi connectivity index (χ3v) is 3.29. The Morgan fingerprint density at radius 3 is 3.31 bits per heavy atom. The third-order valence-electron chi connectivity index (χ3n) is 3.29. The summed E-state index contributed by atoms with van der Waals surface area (Å²) in [7, 11) is 0. The molecule has 2 atom stereocenters. The van der Waals surface area contributed by atoms with Crippen LogP contribution in [0.1, 0.15) is 23.6 Å². The second-order valence-electron chi connectivity index (χ2n) is 4.49. The van der Waals surface area contributed by atoms with Crippen molar-refractivity contribution >= 4 is 5.52 Å². The minimum atomic E-state index is 0.443. The average molecular weight is 215 g/mol. The first-order valence-electron chi connectivity index (χ1n) is 5.53. The normalized spacial score (nSPS) is 23.6. The smallest absolute Gasteiger partial charge is 0.0845 e. The third kappa shape index (κ3) is 1.41. The molecule has 1 aliphatic carbocycles. The molecule has 1 saturated carbocycles. The van der Waals surface area contributed by atoms with Crippen molar-refractivity contribution in [1.29, 1.82) is 0 Å². The highest BCUT2D eigenvalue weighted by Gasteiger charge is 2.39. The first-order valence-corrected chi connectivity index (χ1v) is 5.53. The summed E-state index contributed by atoms with van der Waals surface area (Å²) in [5.41, 5.74) is 3.49. The number of rotatable bonds is 3. The van der Waals surface area contributed by atoms with Crippen LogP contribution in [0.25, 0.3) is 5.52 Å². The van der Waals surface area contributed by atoms with Gasteiger partial charge in [-0.1, -0.05) is 11.2 Å². The van der Waals surface area contributed by atoms with Crippen LogP contribution in [0.4, 0.5) is 0 Å². The zero-order valence-electron chi connectivity index (χ0n) is 9.13. The van der Waals surface area contributed by atoms with Gasteiger partial charge in [-0.3, -0.25) is 0 Å². The van der Waals surface area contributed by atoms with Crippen molar-refractivity contribution in [2.75, 3.05) is 6.54 Å². The standard InChI is InChI=1S/C12H13N3O/c1-8-5-12-10(3-2-4-15(12)14-8)11-6-9(11)7-13-16/h2-5,9,11H,6-7H2,1H3. The highest BCUT2D eigenvalue weighted by atomic mass is 16.3. The molecule has 2 unspecified atom stereocenters. The van der Waals surface area contributed by atoms with Gasteiger partial charge in [0.05, 0.1) is 17.8 Å². The molecule has 3 rings (SSSR count). The molecule has 2 heterocycles. The summed E-state index contributed by atoms with van der Waals surface area (Å²) in [6.07, 6.45) is 3.04. The Morgan fingerprint density at radius 1 is 1.62 bits per heavy atom. The molecule has 4 heteroatoms. The summed E-state index contributed by atoms with van der Waals surface area (Å²) in [6.45, 7) is 2.44. The lowest BCUT2D eigenvalue weighted by Gasteiger charge is -2.01. The molecule has 2 aromatic heterocycles. The molecule has 0 spiro atoms. The van der Waals surface area contributed by atoms with Crippen LogP contribution in [0.5, 0.6) is 0 Å². The SMILES string of the molecule is Cc1cc2c(C3CC3CN=O)cccn2n1. The molecule has 1 fully saturated rings. The van der Waals surface area contributed by atoms with Gasteiger partial charge in [-0.25, -0.2) is 4.52 Å². The summed E-state index contributed by atoms with van der Waals surface area (Å²) in [5.74, 6) is 0.941. The largest absolute Gasteiger partial charge is 0.240 e. The van der Waals surface area contributed by atoms with E-state index in [1.807, 2.05) is 23.7 Å². The topological polar surface area (TPSA) is 46.7 Å². The summed E-state index contributed by atoms with van der Waals surface area (Å²) in [5, 5.41) is 7.37. The van der Waals surface area contributed by atoms with E-state index in [1.54, 1.807) is 0 Å². The molecule has 0 amide bonds. The summed E-state index contributed by atoms with van der Waals surface area (Å²) in [4.78, 5) is 10.2. The quantitative estimate of drug-likeness (QED) is 0.738. The Balaban J connectivity index is 2.01. The van der Waals surface area contributed by atoms with Gasteiger partial charge >= 0.3 is 0 Å². The van der Waals surface area contributed by atoms with Gasteiger partial charge in [-0.2, -0.15) is 10.0 Å². The van der Waals surface area contributed by atoms with E-state index in [4.69, 9.17) is 0 Å². The van der Waals surface area contributed by atoms with Gasteiger partial charge in [0.15, 0.2) is 0 Å². The van der Waals surface area contributed by atoms with E-state index in [0.717, 1.165) is 12.1 Å². The van der Waals surface area contributed by atoms with Crippen LogP contribution < -0.4 is 0 Å². The number of hydrogen-bond donors (Lipinski definition) is 0. The molecule has 0 bridgehead atoms. The Hall–Kier alpha value is -1.71. The zero-order chi connectivity index (χ0) is 11.1. The van der Waals surface area contributed by atoms with Crippen molar-refractivity contribution in [3.05, 3.63) is 40.6 Å². The van der Waals surface area contributed by atoms with E-state index in [9.17, 15) is 4.91 Å². The fourth-order valence-corrected chi connectivity index (χ4v) is 2.40. The van der Waals surface area contributed by atoms with Crippen molar-refractivity contribution in [2.24, 2.45) is 11.1 Å². The summed E-state index contributed by atoms with van der Waals surface area (Å²) in [6, 6.07) is 6.24. The summed E-state index contributed by atoms with van der Waals surface area (Å²) < 4.78 is 1.91. The molecule has 82 valence electrons. The first kappa shape index (κ1) is 9.51. The molecular weight excluding hydrogens is 202 g/mol. The molecule has 0 saturated heterocycles. The van der Waals surface area contributed by atoms with Crippen molar-refractivity contribution < 1.29 is 0 Å². The van der Waals surface area contributed by atoms with Crippen LogP contribution in [0.15, 0.2) is 29.6 Å². The lowest BCUT2D eigenvalue weighted by molar-refractivity contribution is 0.804. The maximum Gasteiger partial charge on any atom is 0.0845 e. The van der Waals surface area contributed by atoms with E-state index in [0.29, 0.717) is 18.4 Å². The predicted octanol–water partition coefficient (Wildman–Crippen LogP) is 2.51. The molecule has 4 nitrogen and oxygen atoms in total. The Bertz CT molecular complexity index is 546. The number of fused-ring (bicyclic) bond motifs is 1. The van der Waals surface area contributed by atoms with E-state index in [-0.39, 0.29) is 0 Å². The Labute approximate surface area is 93.3 Å². The van der Waals surface area contributed by atoms with Gasteiger partial charge in [0.25, 0.3) is 0 Å². The van der Waals surface area contributed by atoms with Gasteiger partial charge < -0.3 is 0 Å². The fourth-order valence-electron chi connectivity index (χ4n) is 2.40. The second-order valence-corrected chi connectivity index (χ2v) is 4.49. The highest BCUT2D eigenvalue weighted by Crippen LogP contribution is 2.48. The van der Waals surface area contributed by atoms with Gasteiger partial charge in [-0.05, 0) is 42.9 Å². The number of pyridine rings is 1. The second kappa shape index (κ2) is 3.40. The van der Waals surface area contributed by atoms with Crippen LogP contribution >= 0.6 is 0 Å². The van der Waals surface area contributed by atoms with E-state index < -0.39 is 0 Å². The van der Waals surface area contributed by atoms with Crippen molar-refractivity contribution in [2.45, 2.75) is 19.3 Å². The molecule has 0 N–H and O–H groups in total. The lowest BCUT2D eigenvalue weighted by atomic mass is 10.1. The molecule has 2 aromatic rings. The monoisotopic (exact) mass is 215 g/mol. The Morgan fingerprint density at radius 2 is 2.50 bits per heavy atom. The highest BCUT2D eigenvalue weighted by molar-refractivity contribution is 5.58. The van der Waals surface area contributed by atoms with Gasteiger partial charge in [0.2, 0.25) is 0 Å². The van der Waals surface area contributed by atoms with Crippen molar-refractivity contribution in [3.63, 3.8) is 0 Å². The van der Waals surface area contributed by atoms with Crippen LogP contribution in [0.2, 0.25) is 0 Å². The van der Waals surface area contributed by atoms with E-state index in [2.05, 4.69) is 22.4 Å². The number of nitrogens with zero attached hydrogens (tertiary/aromatic N) is 3. The van der Waals surface area contributed by atoms with Crippen LogP contribution in [0, 0.1) is 17.7 Å². The fraction of sp³-hybridized carbons (Fsp3) is 0.417. The van der Waals surface area contributed by atoms with Crippen LogP contribution in [0.3, 0.4) is 0 Å². The van der Waals surface area contributed by atoms with Crippen molar-refractivity contribution in [3.8, 4) is 0 Å². The molecule has 0 radical (unpaired) electrons. The zero-order valence-corrected chi connectivity index (χ0v) is 9.13. The van der Waals surface area contributed by atoms with Crippen LogP contribution in [-0.2, 0) is 0 Å². The first-order chi connectivity index (χ1) is 7.79. The lowest BCUT2D eigenvalue weighted by Crippen LogP contribution is -1.93. The maximum atomic E-state index is 10.2. The molecule has 1 aliphatic rings. The van der Waals surface area contributed by atoms with Gasteiger partial charge in [0.1, 0.15) is 0 Å². The van der Waals surface area contributed by atoms with Gasteiger partial charge in [0, 0.05) is 6.20 Å².